The molecule has 0 aliphatic carbocycles. The average Bonchev–Trinajstić information content (AvgIpc) is 2.92. The van der Waals surface area contributed by atoms with E-state index in [9.17, 15) is 13.2 Å². The van der Waals surface area contributed by atoms with Crippen molar-refractivity contribution < 1.29 is 13.2 Å². The molecule has 0 radical (unpaired) electrons. The Morgan fingerprint density at radius 2 is 1.57 bits per heavy atom. The van der Waals surface area contributed by atoms with Gasteiger partial charge in [0.05, 0.1) is 5.56 Å². The second kappa shape index (κ2) is 4.94. The molecule has 0 aliphatic heterocycles. The maximum absolute atomic E-state index is 12.4. The van der Waals surface area contributed by atoms with E-state index >= 15 is 0 Å². The molecular weight excluding hydrogens is 279 g/mol. The molecule has 0 N–H and O–H groups in total. The molecule has 21 heavy (non-hydrogen) atoms. The highest BCUT2D eigenvalue weighted by Crippen LogP contribution is 2.28. The van der Waals surface area contributed by atoms with Crippen molar-refractivity contribution in [2.24, 2.45) is 0 Å². The predicted molar refractivity (Wildman–Crippen MR) is 70.4 cm³/mol. The van der Waals surface area contributed by atoms with Crippen molar-refractivity contribution in [1.82, 2.24) is 14.6 Å². The first-order chi connectivity index (χ1) is 10.0. The van der Waals surface area contributed by atoms with Crippen LogP contribution >= 0.6 is 0 Å². The van der Waals surface area contributed by atoms with Gasteiger partial charge in [0.2, 0.25) is 0 Å². The molecule has 0 atom stereocenters. The lowest BCUT2D eigenvalue weighted by Gasteiger charge is -2.05. The zero-order chi connectivity index (χ0) is 14.9. The number of hydrogen-bond donors (Lipinski definition) is 0. The number of halogens is 3. The van der Waals surface area contributed by atoms with E-state index in [0.29, 0.717) is 11.2 Å². The molecule has 3 nitrogen and oxygen atoms in total. The van der Waals surface area contributed by atoms with Crippen LogP contribution in [0.2, 0.25) is 0 Å². The quantitative estimate of drug-likeness (QED) is 0.595. The number of fused-ring (bicyclic) bond motifs is 1. The average molecular weight is 287 g/mol. The lowest BCUT2D eigenvalue weighted by Crippen LogP contribution is -2.04. The highest BCUT2D eigenvalue weighted by atomic mass is 19.4. The van der Waals surface area contributed by atoms with Crippen molar-refractivity contribution in [2.75, 3.05) is 0 Å². The van der Waals surface area contributed by atoms with Gasteiger partial charge in [-0.25, -0.2) is 0 Å². The lowest BCUT2D eigenvalue weighted by atomic mass is 10.1. The summed E-state index contributed by atoms with van der Waals surface area (Å²) >= 11 is 0. The molecule has 104 valence electrons. The molecule has 3 aromatic rings. The van der Waals surface area contributed by atoms with E-state index in [1.54, 1.807) is 29.1 Å². The Bertz CT molecular complexity index is 836. The highest BCUT2D eigenvalue weighted by Gasteiger charge is 2.29. The van der Waals surface area contributed by atoms with Crippen molar-refractivity contribution in [1.29, 1.82) is 0 Å². The van der Waals surface area contributed by atoms with Crippen LogP contribution in [0.1, 0.15) is 16.7 Å². The van der Waals surface area contributed by atoms with Gasteiger partial charge in [0.15, 0.2) is 5.65 Å². The van der Waals surface area contributed by atoms with Crippen LogP contribution in [0.25, 0.3) is 5.65 Å². The summed E-state index contributed by atoms with van der Waals surface area (Å²) in [7, 11) is 0. The summed E-state index contributed by atoms with van der Waals surface area (Å²) in [4.78, 5) is 0. The molecule has 2 aromatic heterocycles. The van der Waals surface area contributed by atoms with Crippen molar-refractivity contribution in [3.8, 4) is 11.8 Å². The van der Waals surface area contributed by atoms with Gasteiger partial charge in [0.25, 0.3) is 0 Å². The van der Waals surface area contributed by atoms with Gasteiger partial charge in [0.1, 0.15) is 6.33 Å². The molecule has 1 aromatic carbocycles. The van der Waals surface area contributed by atoms with Crippen LogP contribution in [0.4, 0.5) is 13.2 Å². The fraction of sp³-hybridized carbons (Fsp3) is 0.0667. The molecule has 0 unspecified atom stereocenters. The fourth-order valence-electron chi connectivity index (χ4n) is 1.79. The molecule has 0 spiro atoms. The number of pyridine rings is 1. The van der Waals surface area contributed by atoms with Gasteiger partial charge >= 0.3 is 6.18 Å². The Balaban J connectivity index is 1.86. The van der Waals surface area contributed by atoms with Crippen LogP contribution in [-0.2, 0) is 6.18 Å². The van der Waals surface area contributed by atoms with Gasteiger partial charge in [0, 0.05) is 17.3 Å². The van der Waals surface area contributed by atoms with E-state index in [4.69, 9.17) is 0 Å². The van der Waals surface area contributed by atoms with Crippen LogP contribution < -0.4 is 0 Å². The van der Waals surface area contributed by atoms with Crippen molar-refractivity contribution in [3.05, 3.63) is 65.6 Å². The van der Waals surface area contributed by atoms with E-state index in [-0.39, 0.29) is 0 Å². The van der Waals surface area contributed by atoms with Crippen LogP contribution in [0.15, 0.2) is 48.9 Å². The van der Waals surface area contributed by atoms with Crippen LogP contribution in [0.5, 0.6) is 0 Å². The van der Waals surface area contributed by atoms with Crippen molar-refractivity contribution in [2.45, 2.75) is 6.18 Å². The second-order valence-corrected chi connectivity index (χ2v) is 4.34. The zero-order valence-corrected chi connectivity index (χ0v) is 10.6. The minimum atomic E-state index is -4.33. The maximum atomic E-state index is 12.4. The first-order valence-electron chi connectivity index (χ1n) is 6.01. The van der Waals surface area contributed by atoms with Gasteiger partial charge in [-0.1, -0.05) is 11.8 Å². The summed E-state index contributed by atoms with van der Waals surface area (Å²) in [5.74, 6) is 5.72. The van der Waals surface area contributed by atoms with E-state index < -0.39 is 11.7 Å². The molecule has 0 saturated carbocycles. The summed E-state index contributed by atoms with van der Waals surface area (Å²) < 4.78 is 39.0. The monoisotopic (exact) mass is 287 g/mol. The summed E-state index contributed by atoms with van der Waals surface area (Å²) in [5, 5.41) is 7.62. The topological polar surface area (TPSA) is 30.2 Å². The molecule has 0 amide bonds. The van der Waals surface area contributed by atoms with E-state index in [1.165, 1.54) is 12.1 Å². The Morgan fingerprint density at radius 1 is 0.905 bits per heavy atom. The predicted octanol–water partition coefficient (Wildman–Crippen LogP) is 3.15. The van der Waals surface area contributed by atoms with Gasteiger partial charge in [-0.3, -0.25) is 4.40 Å². The summed E-state index contributed by atoms with van der Waals surface area (Å²) in [5.41, 5.74) is 1.27. The first-order valence-corrected chi connectivity index (χ1v) is 6.01. The van der Waals surface area contributed by atoms with E-state index in [2.05, 4.69) is 22.0 Å². The second-order valence-electron chi connectivity index (χ2n) is 4.34. The third kappa shape index (κ3) is 2.87. The van der Waals surface area contributed by atoms with Gasteiger partial charge < -0.3 is 0 Å². The molecule has 0 saturated heterocycles. The van der Waals surface area contributed by atoms with E-state index in [0.717, 1.165) is 17.7 Å². The smallest absolute Gasteiger partial charge is 0.288 e. The SMILES string of the molecule is FC(F)(F)c1ccc(C#Cc2ccc3nncn3c2)cc1. The van der Waals surface area contributed by atoms with Crippen LogP contribution in [0, 0.1) is 11.8 Å². The molecular formula is C15H8F3N3. The Kier molecular flexibility index (Phi) is 3.10. The fourth-order valence-corrected chi connectivity index (χ4v) is 1.79. The molecule has 0 bridgehead atoms. The number of rotatable bonds is 0. The number of nitrogens with zero attached hydrogens (tertiary/aromatic N) is 3. The first kappa shape index (κ1) is 13.2. The van der Waals surface area contributed by atoms with Crippen LogP contribution in [0.3, 0.4) is 0 Å². The number of benzene rings is 1. The Labute approximate surface area is 118 Å². The standard InChI is InChI=1S/C15H8F3N3/c16-15(17,18)13-6-3-11(4-7-13)1-2-12-5-8-14-20-19-10-21(14)9-12/h3-10H. The Hall–Kier alpha value is -2.81. The van der Waals surface area contributed by atoms with Gasteiger partial charge in [-0.05, 0) is 36.4 Å². The lowest BCUT2D eigenvalue weighted by molar-refractivity contribution is -0.137. The highest BCUT2D eigenvalue weighted by molar-refractivity contribution is 5.46. The molecule has 0 aliphatic rings. The Morgan fingerprint density at radius 3 is 2.29 bits per heavy atom. The maximum Gasteiger partial charge on any atom is 0.416 e. The summed E-state index contributed by atoms with van der Waals surface area (Å²) in [6, 6.07) is 8.30. The third-order valence-corrected chi connectivity index (χ3v) is 2.85. The molecule has 2 heterocycles. The zero-order valence-electron chi connectivity index (χ0n) is 10.6. The van der Waals surface area contributed by atoms with Crippen LogP contribution in [-0.4, -0.2) is 14.6 Å². The third-order valence-electron chi connectivity index (χ3n) is 2.85. The minimum Gasteiger partial charge on any atom is -0.288 e. The molecule has 6 heteroatoms. The molecule has 3 rings (SSSR count). The number of alkyl halides is 3. The van der Waals surface area contributed by atoms with Gasteiger partial charge in [-0.2, -0.15) is 13.2 Å². The number of aromatic nitrogens is 3. The van der Waals surface area contributed by atoms with Crippen molar-refractivity contribution >= 4 is 5.65 Å². The van der Waals surface area contributed by atoms with E-state index in [1.807, 2.05) is 0 Å². The minimum absolute atomic E-state index is 0.520. The summed E-state index contributed by atoms with van der Waals surface area (Å²) in [6.45, 7) is 0. The molecule has 0 fully saturated rings. The van der Waals surface area contributed by atoms with Crippen molar-refractivity contribution in [3.63, 3.8) is 0 Å². The number of hydrogen-bond acceptors (Lipinski definition) is 2. The largest absolute Gasteiger partial charge is 0.416 e. The summed E-state index contributed by atoms with van der Waals surface area (Å²) in [6.07, 6.45) is -1.02. The normalized spacial score (nSPS) is 11.2. The van der Waals surface area contributed by atoms with Gasteiger partial charge in [-0.15, -0.1) is 10.2 Å².